The second-order valence-electron chi connectivity index (χ2n) is 4.27. The fraction of sp³-hybridized carbons (Fsp3) is 0.571. The highest BCUT2D eigenvalue weighted by Gasteiger charge is 2.03. The van der Waals surface area contributed by atoms with Crippen LogP contribution in [0.5, 0.6) is 0 Å². The van der Waals surface area contributed by atoms with Gasteiger partial charge in [-0.1, -0.05) is 45.2 Å². The number of hydrogen-bond acceptors (Lipinski definition) is 2. The van der Waals surface area contributed by atoms with Crippen molar-refractivity contribution in [1.82, 2.24) is 0 Å². The van der Waals surface area contributed by atoms with E-state index in [1.807, 2.05) is 17.8 Å². The van der Waals surface area contributed by atoms with Crippen LogP contribution in [0.3, 0.4) is 0 Å². The van der Waals surface area contributed by atoms with Crippen LogP contribution in [0.2, 0.25) is 0 Å². The lowest BCUT2D eigenvalue weighted by Gasteiger charge is -2.12. The predicted octanol–water partition coefficient (Wildman–Crippen LogP) is 4.90. The highest BCUT2D eigenvalue weighted by atomic mass is 32.2. The van der Waals surface area contributed by atoms with Gasteiger partial charge in [-0.2, -0.15) is 0 Å². The molecule has 96 valence electrons. The average molecular weight is 255 g/mol. The summed E-state index contributed by atoms with van der Waals surface area (Å²) in [5, 5.41) is 3.76. The highest BCUT2D eigenvalue weighted by molar-refractivity contribution is 7.99. The maximum atomic E-state index is 13.3. The van der Waals surface area contributed by atoms with E-state index in [0.29, 0.717) is 10.9 Å². The van der Waals surface area contributed by atoms with Gasteiger partial charge in [-0.15, -0.1) is 11.8 Å². The lowest BCUT2D eigenvalue weighted by atomic mass is 10.2. The summed E-state index contributed by atoms with van der Waals surface area (Å²) in [4.78, 5) is 0. The first kappa shape index (κ1) is 14.4. The number of nitrogens with one attached hydrogen (secondary N) is 1. The Balaban J connectivity index is 2.17. The zero-order valence-electron chi connectivity index (χ0n) is 10.7. The Hall–Kier alpha value is -0.700. The maximum Gasteiger partial charge on any atom is 0.146 e. The van der Waals surface area contributed by atoms with Gasteiger partial charge in [0.25, 0.3) is 0 Å². The summed E-state index contributed by atoms with van der Waals surface area (Å²) in [7, 11) is 0. The molecule has 1 nitrogen and oxygen atoms in total. The van der Waals surface area contributed by atoms with E-state index < -0.39 is 0 Å². The van der Waals surface area contributed by atoms with Crippen LogP contribution in [0.15, 0.2) is 24.3 Å². The van der Waals surface area contributed by atoms with Crippen molar-refractivity contribution in [3.05, 3.63) is 30.1 Å². The summed E-state index contributed by atoms with van der Waals surface area (Å²) in [5.74, 6) is 0.598. The molecule has 1 rings (SSSR count). The van der Waals surface area contributed by atoms with E-state index in [4.69, 9.17) is 0 Å². The van der Waals surface area contributed by atoms with E-state index in [1.54, 1.807) is 12.1 Å². The predicted molar refractivity (Wildman–Crippen MR) is 76.1 cm³/mol. The van der Waals surface area contributed by atoms with Crippen molar-refractivity contribution in [3.8, 4) is 0 Å². The summed E-state index contributed by atoms with van der Waals surface area (Å²) in [6.45, 7) is 4.46. The Kier molecular flexibility index (Phi) is 7.10. The van der Waals surface area contributed by atoms with Crippen LogP contribution in [0.25, 0.3) is 0 Å². The number of para-hydroxylation sites is 1. The van der Waals surface area contributed by atoms with E-state index in [9.17, 15) is 4.39 Å². The molecular weight excluding hydrogens is 233 g/mol. The molecule has 0 fully saturated rings. The topological polar surface area (TPSA) is 12.0 Å². The zero-order chi connectivity index (χ0) is 12.5. The lowest BCUT2D eigenvalue weighted by Crippen LogP contribution is -2.05. The first-order valence-corrected chi connectivity index (χ1v) is 7.39. The van der Waals surface area contributed by atoms with Gasteiger partial charge in [-0.05, 0) is 18.6 Å². The largest absolute Gasteiger partial charge is 0.374 e. The van der Waals surface area contributed by atoms with Gasteiger partial charge in [0.05, 0.1) is 11.6 Å². The minimum atomic E-state index is -0.174. The smallest absolute Gasteiger partial charge is 0.146 e. The monoisotopic (exact) mass is 255 g/mol. The van der Waals surface area contributed by atoms with E-state index in [1.165, 1.54) is 31.7 Å². The van der Waals surface area contributed by atoms with Crippen LogP contribution in [0, 0.1) is 5.82 Å². The fourth-order valence-electron chi connectivity index (χ4n) is 1.63. The zero-order valence-corrected chi connectivity index (χ0v) is 11.5. The Labute approximate surface area is 108 Å². The molecule has 1 aromatic rings. The van der Waals surface area contributed by atoms with Crippen LogP contribution >= 0.6 is 11.8 Å². The summed E-state index contributed by atoms with van der Waals surface area (Å²) in [6, 6.07) is 6.82. The van der Waals surface area contributed by atoms with Crippen molar-refractivity contribution in [2.75, 3.05) is 11.2 Å². The summed E-state index contributed by atoms with van der Waals surface area (Å²) in [6.07, 6.45) is 5.12. The van der Waals surface area contributed by atoms with Gasteiger partial charge >= 0.3 is 0 Å². The van der Waals surface area contributed by atoms with Crippen LogP contribution in [-0.2, 0) is 0 Å². The lowest BCUT2D eigenvalue weighted by molar-refractivity contribution is 0.631. The molecule has 0 bridgehead atoms. The van der Waals surface area contributed by atoms with Crippen LogP contribution < -0.4 is 5.32 Å². The summed E-state index contributed by atoms with van der Waals surface area (Å²) in [5.41, 5.74) is 0.598. The summed E-state index contributed by atoms with van der Waals surface area (Å²) < 4.78 is 13.3. The van der Waals surface area contributed by atoms with Gasteiger partial charge in [0.15, 0.2) is 0 Å². The van der Waals surface area contributed by atoms with Crippen molar-refractivity contribution in [2.24, 2.45) is 0 Å². The molecule has 0 saturated carbocycles. The van der Waals surface area contributed by atoms with E-state index in [-0.39, 0.29) is 5.82 Å². The number of rotatable bonds is 8. The molecule has 0 unspecified atom stereocenters. The molecule has 0 radical (unpaired) electrons. The quantitative estimate of drug-likeness (QED) is 0.524. The van der Waals surface area contributed by atoms with Gasteiger partial charge in [0.2, 0.25) is 0 Å². The van der Waals surface area contributed by atoms with E-state index >= 15 is 0 Å². The molecule has 0 spiro atoms. The maximum absolute atomic E-state index is 13.3. The number of benzene rings is 1. The van der Waals surface area contributed by atoms with Gasteiger partial charge in [0, 0.05) is 5.25 Å². The molecule has 1 N–H and O–H groups in total. The van der Waals surface area contributed by atoms with Gasteiger partial charge in [-0.25, -0.2) is 4.39 Å². The minimum Gasteiger partial charge on any atom is -0.374 e. The molecule has 0 aliphatic rings. The normalized spacial score (nSPS) is 12.4. The average Bonchev–Trinajstić information content (AvgIpc) is 2.32. The Morgan fingerprint density at radius 3 is 2.76 bits per heavy atom. The third-order valence-corrected chi connectivity index (χ3v) is 3.83. The first-order valence-electron chi connectivity index (χ1n) is 6.34. The number of thioether (sulfide) groups is 1. The molecule has 0 aromatic heterocycles. The Morgan fingerprint density at radius 2 is 2.06 bits per heavy atom. The molecule has 0 aliphatic heterocycles. The molecule has 1 aromatic carbocycles. The molecule has 0 aliphatic carbocycles. The minimum absolute atomic E-state index is 0.174. The van der Waals surface area contributed by atoms with Crippen LogP contribution in [0.1, 0.15) is 39.5 Å². The first-order chi connectivity index (χ1) is 8.24. The number of halogens is 1. The SMILES string of the molecule is CCCCC[C@@H](C)SCNc1ccccc1F. The number of anilines is 1. The summed E-state index contributed by atoms with van der Waals surface area (Å²) >= 11 is 1.85. The van der Waals surface area contributed by atoms with Crippen LogP contribution in [0.4, 0.5) is 10.1 Å². The standard InChI is InChI=1S/C14H22FNS/c1-3-4-5-8-12(2)17-11-16-14-10-7-6-9-13(14)15/h6-7,9-10,12,16H,3-5,8,11H2,1-2H3/t12-/m1/s1. The highest BCUT2D eigenvalue weighted by Crippen LogP contribution is 2.19. The second kappa shape index (κ2) is 8.40. The van der Waals surface area contributed by atoms with E-state index in [0.717, 1.165) is 5.88 Å². The van der Waals surface area contributed by atoms with Crippen molar-refractivity contribution < 1.29 is 4.39 Å². The van der Waals surface area contributed by atoms with Crippen molar-refractivity contribution in [2.45, 2.75) is 44.8 Å². The second-order valence-corrected chi connectivity index (χ2v) is 5.70. The fourth-order valence-corrected chi connectivity index (χ4v) is 2.49. The molecule has 0 heterocycles. The number of hydrogen-bond donors (Lipinski definition) is 1. The molecule has 1 atom stereocenters. The molecule has 17 heavy (non-hydrogen) atoms. The number of unbranched alkanes of at least 4 members (excludes halogenated alkanes) is 2. The molecular formula is C14H22FNS. The van der Waals surface area contributed by atoms with E-state index in [2.05, 4.69) is 19.2 Å². The third-order valence-electron chi connectivity index (χ3n) is 2.72. The van der Waals surface area contributed by atoms with Crippen molar-refractivity contribution in [3.63, 3.8) is 0 Å². The third kappa shape index (κ3) is 5.97. The van der Waals surface area contributed by atoms with Gasteiger partial charge < -0.3 is 5.32 Å². The van der Waals surface area contributed by atoms with Crippen LogP contribution in [-0.4, -0.2) is 11.1 Å². The van der Waals surface area contributed by atoms with Crippen molar-refractivity contribution >= 4 is 17.4 Å². The molecule has 0 saturated heterocycles. The molecule has 3 heteroatoms. The van der Waals surface area contributed by atoms with Crippen molar-refractivity contribution in [1.29, 1.82) is 0 Å². The van der Waals surface area contributed by atoms with Gasteiger partial charge in [0.1, 0.15) is 5.82 Å². The Bertz CT molecular complexity index is 317. The molecule has 0 amide bonds. The van der Waals surface area contributed by atoms with Gasteiger partial charge in [-0.3, -0.25) is 0 Å². The Morgan fingerprint density at radius 1 is 1.29 bits per heavy atom.